The summed E-state index contributed by atoms with van der Waals surface area (Å²) in [5.74, 6) is 0.748. The Labute approximate surface area is 125 Å². The maximum absolute atomic E-state index is 12.7. The van der Waals surface area contributed by atoms with Gasteiger partial charge >= 0.3 is 0 Å². The first kappa shape index (κ1) is 15.4. The summed E-state index contributed by atoms with van der Waals surface area (Å²) in [7, 11) is 0. The molecule has 0 aliphatic carbocycles. The number of carbonyl (C=O) groups is 1. The fourth-order valence-corrected chi connectivity index (χ4v) is 3.28. The summed E-state index contributed by atoms with van der Waals surface area (Å²) in [6, 6.07) is 1.91. The number of aryl methyl sites for hydroxylation is 1. The van der Waals surface area contributed by atoms with Crippen molar-refractivity contribution in [1.82, 2.24) is 9.47 Å². The van der Waals surface area contributed by atoms with Crippen molar-refractivity contribution < 1.29 is 4.79 Å². The number of piperidine rings is 1. The van der Waals surface area contributed by atoms with Crippen LogP contribution in [-0.4, -0.2) is 34.5 Å². The molecule has 5 heteroatoms. The zero-order valence-corrected chi connectivity index (χ0v) is 13.1. The largest absolute Gasteiger partial charge is 0.342 e. The lowest BCUT2D eigenvalue weighted by Crippen LogP contribution is -2.49. The average molecular weight is 298 g/mol. The smallest absolute Gasteiger partial charge is 0.270 e. The lowest BCUT2D eigenvalue weighted by Gasteiger charge is -2.39. The van der Waals surface area contributed by atoms with Crippen LogP contribution in [0.3, 0.4) is 0 Å². The van der Waals surface area contributed by atoms with Crippen molar-refractivity contribution in [3.05, 3.63) is 23.0 Å². The van der Waals surface area contributed by atoms with E-state index >= 15 is 0 Å². The second-order valence-electron chi connectivity index (χ2n) is 5.52. The highest BCUT2D eigenvalue weighted by Crippen LogP contribution is 2.27. The second kappa shape index (κ2) is 6.64. The molecule has 0 spiro atoms. The Hall–Kier alpha value is -1.00. The molecule has 20 heavy (non-hydrogen) atoms. The van der Waals surface area contributed by atoms with Crippen LogP contribution in [0.2, 0.25) is 5.02 Å². The van der Waals surface area contributed by atoms with E-state index in [4.69, 9.17) is 17.3 Å². The van der Waals surface area contributed by atoms with Crippen molar-refractivity contribution in [2.45, 2.75) is 45.7 Å². The van der Waals surface area contributed by atoms with Gasteiger partial charge in [-0.3, -0.25) is 4.79 Å². The Morgan fingerprint density at radius 3 is 2.85 bits per heavy atom. The topological polar surface area (TPSA) is 51.3 Å². The molecule has 0 aromatic carbocycles. The number of rotatable bonds is 4. The molecular weight excluding hydrogens is 274 g/mol. The normalized spacial score (nSPS) is 23.1. The van der Waals surface area contributed by atoms with Gasteiger partial charge < -0.3 is 15.2 Å². The van der Waals surface area contributed by atoms with Crippen LogP contribution < -0.4 is 5.73 Å². The molecular formula is C15H24ClN3O. The number of aromatic nitrogens is 1. The van der Waals surface area contributed by atoms with Crippen LogP contribution in [0, 0.1) is 5.92 Å². The van der Waals surface area contributed by atoms with Gasteiger partial charge in [0, 0.05) is 31.9 Å². The first-order chi connectivity index (χ1) is 9.60. The Bertz CT molecular complexity index is 472. The molecule has 2 N–H and O–H groups in total. The third-order valence-corrected chi connectivity index (χ3v) is 4.56. The van der Waals surface area contributed by atoms with Gasteiger partial charge in [0.15, 0.2) is 0 Å². The lowest BCUT2D eigenvalue weighted by atomic mass is 9.88. The summed E-state index contributed by atoms with van der Waals surface area (Å²) in [5, 5.41) is 0.614. The van der Waals surface area contributed by atoms with E-state index in [9.17, 15) is 4.79 Å². The number of hydrogen-bond acceptors (Lipinski definition) is 2. The van der Waals surface area contributed by atoms with E-state index in [1.54, 1.807) is 6.07 Å². The van der Waals surface area contributed by atoms with Crippen molar-refractivity contribution in [3.63, 3.8) is 0 Å². The highest BCUT2D eigenvalue weighted by Gasteiger charge is 2.31. The summed E-state index contributed by atoms with van der Waals surface area (Å²) >= 11 is 6.03. The van der Waals surface area contributed by atoms with Gasteiger partial charge in [-0.2, -0.15) is 0 Å². The zero-order chi connectivity index (χ0) is 14.7. The third-order valence-electron chi connectivity index (χ3n) is 4.36. The van der Waals surface area contributed by atoms with E-state index < -0.39 is 0 Å². The van der Waals surface area contributed by atoms with Crippen LogP contribution in [0.1, 0.15) is 43.6 Å². The molecule has 1 amide bonds. The SMILES string of the molecule is CCC1CCN(C(=O)c2cc(Cl)cn2CC)C(CN)C1. The fraction of sp³-hybridized carbons (Fsp3) is 0.667. The number of amides is 1. The van der Waals surface area contributed by atoms with E-state index in [0.29, 0.717) is 23.2 Å². The fourth-order valence-electron chi connectivity index (χ4n) is 3.06. The Morgan fingerprint density at radius 2 is 2.25 bits per heavy atom. The predicted molar refractivity (Wildman–Crippen MR) is 82.0 cm³/mol. The zero-order valence-electron chi connectivity index (χ0n) is 12.3. The molecule has 1 saturated heterocycles. The quantitative estimate of drug-likeness (QED) is 0.929. The van der Waals surface area contributed by atoms with Crippen LogP contribution in [0.25, 0.3) is 0 Å². The molecule has 0 bridgehead atoms. The van der Waals surface area contributed by atoms with E-state index in [2.05, 4.69) is 6.92 Å². The second-order valence-corrected chi connectivity index (χ2v) is 5.95. The van der Waals surface area contributed by atoms with Gasteiger partial charge in [-0.25, -0.2) is 0 Å². The van der Waals surface area contributed by atoms with Gasteiger partial charge in [-0.05, 0) is 31.7 Å². The van der Waals surface area contributed by atoms with E-state index in [0.717, 1.165) is 32.4 Å². The summed E-state index contributed by atoms with van der Waals surface area (Å²) in [4.78, 5) is 14.7. The van der Waals surface area contributed by atoms with Gasteiger partial charge in [0.05, 0.1) is 5.02 Å². The average Bonchev–Trinajstić information content (AvgIpc) is 2.86. The van der Waals surface area contributed by atoms with Gasteiger partial charge in [-0.15, -0.1) is 0 Å². The molecule has 2 rings (SSSR count). The Morgan fingerprint density at radius 1 is 1.50 bits per heavy atom. The minimum Gasteiger partial charge on any atom is -0.342 e. The summed E-state index contributed by atoms with van der Waals surface area (Å²) in [5.41, 5.74) is 6.55. The molecule has 112 valence electrons. The number of likely N-dealkylation sites (tertiary alicyclic amines) is 1. The van der Waals surface area contributed by atoms with Crippen LogP contribution in [0.5, 0.6) is 0 Å². The van der Waals surface area contributed by atoms with Crippen molar-refractivity contribution in [3.8, 4) is 0 Å². The van der Waals surface area contributed by atoms with Gasteiger partial charge in [-0.1, -0.05) is 24.9 Å². The predicted octanol–water partition coefficient (Wildman–Crippen LogP) is 2.75. The van der Waals surface area contributed by atoms with Crippen LogP contribution in [0.4, 0.5) is 0 Å². The standard InChI is InChI=1S/C15H24ClN3O/c1-3-11-5-6-19(13(7-11)9-17)15(20)14-8-12(16)10-18(14)4-2/h8,10-11,13H,3-7,9,17H2,1-2H3. The van der Waals surface area contributed by atoms with Gasteiger partial charge in [0.1, 0.15) is 5.69 Å². The number of nitrogens with two attached hydrogens (primary N) is 1. The van der Waals surface area contributed by atoms with Crippen molar-refractivity contribution >= 4 is 17.5 Å². The van der Waals surface area contributed by atoms with Crippen molar-refractivity contribution in [2.24, 2.45) is 11.7 Å². The summed E-state index contributed by atoms with van der Waals surface area (Å²) in [6.45, 7) is 6.29. The van der Waals surface area contributed by atoms with Gasteiger partial charge in [0.25, 0.3) is 5.91 Å². The van der Waals surface area contributed by atoms with Crippen molar-refractivity contribution in [1.29, 1.82) is 0 Å². The molecule has 2 atom stereocenters. The minimum atomic E-state index is 0.0590. The maximum Gasteiger partial charge on any atom is 0.270 e. The van der Waals surface area contributed by atoms with Crippen molar-refractivity contribution in [2.75, 3.05) is 13.1 Å². The molecule has 1 aromatic rings. The van der Waals surface area contributed by atoms with Crippen LogP contribution in [0.15, 0.2) is 12.3 Å². The Kier molecular flexibility index (Phi) is 5.11. The molecule has 1 aliphatic heterocycles. The first-order valence-corrected chi connectivity index (χ1v) is 7.85. The molecule has 1 aliphatic rings. The Balaban J connectivity index is 2.19. The molecule has 2 heterocycles. The highest BCUT2D eigenvalue weighted by atomic mass is 35.5. The number of carbonyl (C=O) groups excluding carboxylic acids is 1. The summed E-state index contributed by atoms with van der Waals surface area (Å²) < 4.78 is 1.91. The number of hydrogen-bond donors (Lipinski definition) is 1. The van der Waals surface area contributed by atoms with Gasteiger partial charge in [0.2, 0.25) is 0 Å². The summed E-state index contributed by atoms with van der Waals surface area (Å²) in [6.07, 6.45) is 5.05. The number of nitrogens with zero attached hydrogens (tertiary/aromatic N) is 2. The molecule has 2 unspecified atom stereocenters. The molecule has 4 nitrogen and oxygen atoms in total. The molecule has 0 radical (unpaired) electrons. The van der Waals surface area contributed by atoms with E-state index in [-0.39, 0.29) is 11.9 Å². The highest BCUT2D eigenvalue weighted by molar-refractivity contribution is 6.31. The lowest BCUT2D eigenvalue weighted by molar-refractivity contribution is 0.0548. The van der Waals surface area contributed by atoms with E-state index in [1.807, 2.05) is 22.6 Å². The third kappa shape index (κ3) is 3.01. The van der Waals surface area contributed by atoms with E-state index in [1.165, 1.54) is 0 Å². The van der Waals surface area contributed by atoms with Crippen LogP contribution in [-0.2, 0) is 6.54 Å². The maximum atomic E-state index is 12.7. The first-order valence-electron chi connectivity index (χ1n) is 7.47. The molecule has 1 aromatic heterocycles. The molecule has 0 saturated carbocycles. The molecule has 1 fully saturated rings. The minimum absolute atomic E-state index is 0.0590. The van der Waals surface area contributed by atoms with Crippen LogP contribution >= 0.6 is 11.6 Å². The monoisotopic (exact) mass is 297 g/mol. The number of halogens is 1.